The van der Waals surface area contributed by atoms with Crippen LogP contribution in [0.5, 0.6) is 0 Å². The average molecular weight is 257 g/mol. The van der Waals surface area contributed by atoms with E-state index in [9.17, 15) is 4.79 Å². The van der Waals surface area contributed by atoms with Gasteiger partial charge in [-0.2, -0.15) is 0 Å². The second-order valence-corrected chi connectivity index (χ2v) is 5.08. The van der Waals surface area contributed by atoms with E-state index in [-0.39, 0.29) is 11.8 Å². The molecule has 2 aromatic rings. The smallest absolute Gasteiger partial charge is 0.226 e. The Morgan fingerprint density at radius 1 is 1.26 bits per heavy atom. The summed E-state index contributed by atoms with van der Waals surface area (Å²) in [5.74, 6) is 0.800. The Balaban J connectivity index is 2.53. The van der Waals surface area contributed by atoms with Gasteiger partial charge in [0.25, 0.3) is 0 Å². The molecule has 1 aromatic carbocycles. The van der Waals surface area contributed by atoms with E-state index in [2.05, 4.69) is 10.3 Å². The first-order valence-electron chi connectivity index (χ1n) is 6.37. The predicted octanol–water partition coefficient (Wildman–Crippen LogP) is 2.90. The van der Waals surface area contributed by atoms with Gasteiger partial charge in [-0.05, 0) is 6.07 Å². The normalized spacial score (nSPS) is 10.8. The maximum Gasteiger partial charge on any atom is 0.226 e. The van der Waals surface area contributed by atoms with Crippen LogP contribution in [0.2, 0.25) is 0 Å². The molecule has 0 radical (unpaired) electrons. The molecule has 0 saturated carbocycles. The molecule has 0 aliphatic rings. The van der Waals surface area contributed by atoms with E-state index in [0.717, 1.165) is 22.4 Å². The second-order valence-electron chi connectivity index (χ2n) is 5.08. The Hall–Kier alpha value is -2.10. The minimum Gasteiger partial charge on any atom is -0.363 e. The van der Waals surface area contributed by atoms with Crippen LogP contribution in [0.4, 0.5) is 11.5 Å². The molecule has 0 atom stereocenters. The lowest BCUT2D eigenvalue weighted by atomic mass is 10.1. The van der Waals surface area contributed by atoms with E-state index < -0.39 is 0 Å². The van der Waals surface area contributed by atoms with Gasteiger partial charge in [0.15, 0.2) is 0 Å². The number of aromatic nitrogens is 1. The topological polar surface area (TPSA) is 45.2 Å². The summed E-state index contributed by atoms with van der Waals surface area (Å²) in [4.78, 5) is 18.4. The highest BCUT2D eigenvalue weighted by molar-refractivity contribution is 6.02. The van der Waals surface area contributed by atoms with Crippen LogP contribution in [0.1, 0.15) is 13.8 Å². The van der Waals surface area contributed by atoms with Crippen molar-refractivity contribution in [1.29, 1.82) is 0 Å². The highest BCUT2D eigenvalue weighted by atomic mass is 16.1. The molecule has 2 rings (SSSR count). The van der Waals surface area contributed by atoms with Gasteiger partial charge in [0.2, 0.25) is 5.91 Å². The number of nitrogens with one attached hydrogen (secondary N) is 1. The molecule has 1 N–H and O–H groups in total. The lowest BCUT2D eigenvalue weighted by molar-refractivity contribution is -0.118. The minimum absolute atomic E-state index is 0.0149. The SMILES string of the molecule is CC(C)C(=O)Nc1cc(N(C)C)nc2ccccc12. The standard InChI is InChI=1S/C15H19N3O/c1-10(2)15(19)17-13-9-14(18(3)4)16-12-8-6-5-7-11(12)13/h5-10H,1-4H3,(H,16,17,19). The Labute approximate surface area is 113 Å². The Kier molecular flexibility index (Phi) is 3.69. The molecule has 0 bridgehead atoms. The van der Waals surface area contributed by atoms with Crippen molar-refractivity contribution in [2.24, 2.45) is 5.92 Å². The maximum absolute atomic E-state index is 11.9. The van der Waals surface area contributed by atoms with Gasteiger partial charge in [-0.3, -0.25) is 4.79 Å². The number of nitrogens with zero attached hydrogens (tertiary/aromatic N) is 2. The van der Waals surface area contributed by atoms with Crippen LogP contribution >= 0.6 is 0 Å². The van der Waals surface area contributed by atoms with E-state index in [1.807, 2.05) is 63.2 Å². The minimum atomic E-state index is -0.0465. The van der Waals surface area contributed by atoms with Crippen LogP contribution in [-0.4, -0.2) is 25.0 Å². The Morgan fingerprint density at radius 3 is 2.58 bits per heavy atom. The summed E-state index contributed by atoms with van der Waals surface area (Å²) in [5.41, 5.74) is 1.70. The lowest BCUT2D eigenvalue weighted by Gasteiger charge is -2.16. The molecule has 1 heterocycles. The van der Waals surface area contributed by atoms with E-state index in [0.29, 0.717) is 0 Å². The van der Waals surface area contributed by atoms with Gasteiger partial charge in [-0.15, -0.1) is 0 Å². The summed E-state index contributed by atoms with van der Waals surface area (Å²) in [6, 6.07) is 9.72. The molecule has 0 aliphatic carbocycles. The van der Waals surface area contributed by atoms with Gasteiger partial charge in [0.1, 0.15) is 5.82 Å². The fraction of sp³-hybridized carbons (Fsp3) is 0.333. The lowest BCUT2D eigenvalue weighted by Crippen LogP contribution is -2.19. The summed E-state index contributed by atoms with van der Waals surface area (Å²) >= 11 is 0. The molecule has 0 aliphatic heterocycles. The molecule has 100 valence electrons. The van der Waals surface area contributed by atoms with Crippen molar-refractivity contribution in [1.82, 2.24) is 4.98 Å². The molecule has 4 heteroatoms. The van der Waals surface area contributed by atoms with Gasteiger partial charge in [0.05, 0.1) is 11.2 Å². The molecule has 19 heavy (non-hydrogen) atoms. The van der Waals surface area contributed by atoms with Crippen LogP contribution in [0.25, 0.3) is 10.9 Å². The highest BCUT2D eigenvalue weighted by Crippen LogP contribution is 2.26. The van der Waals surface area contributed by atoms with Crippen LogP contribution in [0.15, 0.2) is 30.3 Å². The van der Waals surface area contributed by atoms with Crippen molar-refractivity contribution < 1.29 is 4.79 Å². The fourth-order valence-corrected chi connectivity index (χ4v) is 1.77. The Morgan fingerprint density at radius 2 is 1.95 bits per heavy atom. The predicted molar refractivity (Wildman–Crippen MR) is 79.5 cm³/mol. The van der Waals surface area contributed by atoms with Gasteiger partial charge in [-0.25, -0.2) is 4.98 Å². The van der Waals surface area contributed by atoms with Gasteiger partial charge in [0, 0.05) is 31.5 Å². The van der Waals surface area contributed by atoms with Crippen molar-refractivity contribution in [3.05, 3.63) is 30.3 Å². The molecule has 0 saturated heterocycles. The van der Waals surface area contributed by atoms with Gasteiger partial charge in [-0.1, -0.05) is 32.0 Å². The second kappa shape index (κ2) is 5.26. The fourth-order valence-electron chi connectivity index (χ4n) is 1.77. The van der Waals surface area contributed by atoms with Crippen molar-refractivity contribution in [2.45, 2.75) is 13.8 Å². The molecule has 0 spiro atoms. The van der Waals surface area contributed by atoms with Crippen molar-refractivity contribution >= 4 is 28.3 Å². The molecular weight excluding hydrogens is 238 g/mol. The summed E-state index contributed by atoms with van der Waals surface area (Å²) in [7, 11) is 3.87. The number of pyridine rings is 1. The third-order valence-electron chi connectivity index (χ3n) is 2.94. The third-order valence-corrected chi connectivity index (χ3v) is 2.94. The van der Waals surface area contributed by atoms with E-state index in [4.69, 9.17) is 0 Å². The number of hydrogen-bond acceptors (Lipinski definition) is 3. The quantitative estimate of drug-likeness (QED) is 0.919. The number of carbonyl (C=O) groups excluding carboxylic acids is 1. The number of fused-ring (bicyclic) bond motifs is 1. The first-order chi connectivity index (χ1) is 8.99. The number of amides is 1. The van der Waals surface area contributed by atoms with Gasteiger partial charge < -0.3 is 10.2 Å². The van der Waals surface area contributed by atoms with Crippen molar-refractivity contribution in [2.75, 3.05) is 24.3 Å². The molecular formula is C15H19N3O. The van der Waals surface area contributed by atoms with Gasteiger partial charge >= 0.3 is 0 Å². The number of hydrogen-bond donors (Lipinski definition) is 1. The van der Waals surface area contributed by atoms with E-state index in [1.165, 1.54) is 0 Å². The number of benzene rings is 1. The summed E-state index contributed by atoms with van der Waals surface area (Å²) in [5, 5.41) is 3.93. The molecule has 0 unspecified atom stereocenters. The summed E-state index contributed by atoms with van der Waals surface area (Å²) < 4.78 is 0. The van der Waals surface area contributed by atoms with Crippen LogP contribution in [-0.2, 0) is 4.79 Å². The first-order valence-corrected chi connectivity index (χ1v) is 6.37. The highest BCUT2D eigenvalue weighted by Gasteiger charge is 2.12. The van der Waals surface area contributed by atoms with Crippen LogP contribution < -0.4 is 10.2 Å². The third kappa shape index (κ3) is 2.84. The molecule has 1 aromatic heterocycles. The number of rotatable bonds is 3. The molecule has 4 nitrogen and oxygen atoms in total. The zero-order valence-corrected chi connectivity index (χ0v) is 11.8. The Bertz CT molecular complexity index is 605. The maximum atomic E-state index is 11.9. The number of carbonyl (C=O) groups is 1. The first kappa shape index (κ1) is 13.3. The zero-order chi connectivity index (χ0) is 14.0. The summed E-state index contributed by atoms with van der Waals surface area (Å²) in [6.07, 6.45) is 0. The van der Waals surface area contributed by atoms with Crippen molar-refractivity contribution in [3.63, 3.8) is 0 Å². The van der Waals surface area contributed by atoms with E-state index >= 15 is 0 Å². The average Bonchev–Trinajstić information content (AvgIpc) is 2.38. The number of anilines is 2. The van der Waals surface area contributed by atoms with Crippen LogP contribution in [0.3, 0.4) is 0 Å². The zero-order valence-electron chi connectivity index (χ0n) is 11.8. The number of para-hydroxylation sites is 1. The van der Waals surface area contributed by atoms with Crippen molar-refractivity contribution in [3.8, 4) is 0 Å². The monoisotopic (exact) mass is 257 g/mol. The molecule has 1 amide bonds. The largest absolute Gasteiger partial charge is 0.363 e. The summed E-state index contributed by atoms with van der Waals surface area (Å²) in [6.45, 7) is 3.76. The van der Waals surface area contributed by atoms with Crippen LogP contribution in [0, 0.1) is 5.92 Å². The van der Waals surface area contributed by atoms with E-state index in [1.54, 1.807) is 0 Å². The molecule has 0 fully saturated rings.